The van der Waals surface area contributed by atoms with E-state index in [1.165, 1.54) is 46.8 Å². The summed E-state index contributed by atoms with van der Waals surface area (Å²) in [6, 6.07) is 19.7. The number of aliphatic hydroxyl groups is 2. The first-order valence-corrected chi connectivity index (χ1v) is 15.6. The number of benzene rings is 3. The molecule has 1 heterocycles. The number of hydrogen-bond acceptors (Lipinski definition) is 6. The van der Waals surface area contributed by atoms with Gasteiger partial charge >= 0.3 is 43.7 Å². The van der Waals surface area contributed by atoms with E-state index < -0.39 is 24.6 Å². The Morgan fingerprint density at radius 3 is 2.00 bits per heavy atom. The second-order valence-electron chi connectivity index (χ2n) is 10.9. The minimum absolute atomic E-state index is 0. The van der Waals surface area contributed by atoms with E-state index in [4.69, 9.17) is 5.11 Å². The summed E-state index contributed by atoms with van der Waals surface area (Å²) in [5.41, 5.74) is 3.77. The number of aliphatic hydroxyl groups excluding tert-OH is 2. The van der Waals surface area contributed by atoms with Crippen LogP contribution in [0.3, 0.4) is 0 Å². The summed E-state index contributed by atoms with van der Waals surface area (Å²) in [7, 11) is 0. The molecule has 0 fully saturated rings. The molecule has 0 aliphatic rings. The van der Waals surface area contributed by atoms with Crippen molar-refractivity contribution in [3.05, 3.63) is 95.4 Å². The molecule has 0 radical (unpaired) electrons. The molecule has 0 saturated heterocycles. The SMILES string of the molecule is CC(C)c1ccc(Sc2cc3ncc(/C=C/[C@@H](O)C[C@@H](O)CC(=O)O)c(Sc4ccc(C(C)C)cc4)c3cc2F)cc1.[Ca+2]. The number of halogens is 1. The Balaban J connectivity index is 0.00000506. The zero-order valence-corrected chi connectivity index (χ0v) is 28.7. The molecule has 4 aromatic rings. The zero-order valence-electron chi connectivity index (χ0n) is 24.8. The van der Waals surface area contributed by atoms with Crippen LogP contribution in [-0.2, 0) is 4.79 Å². The van der Waals surface area contributed by atoms with E-state index in [0.717, 1.165) is 14.7 Å². The Morgan fingerprint density at radius 2 is 1.47 bits per heavy atom. The normalized spacial score (nSPS) is 13.0. The quantitative estimate of drug-likeness (QED) is 0.134. The van der Waals surface area contributed by atoms with Crippen molar-refractivity contribution >= 4 is 84.2 Å². The summed E-state index contributed by atoms with van der Waals surface area (Å²) >= 11 is 2.84. The summed E-state index contributed by atoms with van der Waals surface area (Å²) in [4.78, 5) is 18.7. The van der Waals surface area contributed by atoms with Crippen molar-refractivity contribution in [3.8, 4) is 0 Å². The third-order valence-electron chi connectivity index (χ3n) is 6.86. The van der Waals surface area contributed by atoms with Crippen molar-refractivity contribution in [2.45, 2.75) is 84.2 Å². The maximum absolute atomic E-state index is 15.6. The van der Waals surface area contributed by atoms with Crippen LogP contribution >= 0.6 is 23.5 Å². The third kappa shape index (κ3) is 10.0. The van der Waals surface area contributed by atoms with Gasteiger partial charge in [-0.2, -0.15) is 0 Å². The fourth-order valence-corrected chi connectivity index (χ4v) is 6.31. The van der Waals surface area contributed by atoms with Crippen LogP contribution in [0.15, 0.2) is 92.5 Å². The summed E-state index contributed by atoms with van der Waals surface area (Å²) < 4.78 is 15.6. The van der Waals surface area contributed by atoms with E-state index in [2.05, 4.69) is 56.9 Å². The van der Waals surface area contributed by atoms with Gasteiger partial charge in [0.2, 0.25) is 0 Å². The minimum Gasteiger partial charge on any atom is -0.481 e. The summed E-state index contributed by atoms with van der Waals surface area (Å²) in [6.07, 6.45) is 2.09. The first kappa shape index (κ1) is 35.6. The molecule has 3 aromatic carbocycles. The van der Waals surface area contributed by atoms with Gasteiger partial charge in [-0.1, -0.05) is 87.6 Å². The number of aromatic nitrogens is 1. The van der Waals surface area contributed by atoms with Crippen LogP contribution in [0.5, 0.6) is 0 Å². The van der Waals surface area contributed by atoms with Crippen LogP contribution in [0, 0.1) is 5.82 Å². The molecule has 0 bridgehead atoms. The van der Waals surface area contributed by atoms with E-state index in [1.54, 1.807) is 18.3 Å². The van der Waals surface area contributed by atoms with Crippen molar-refractivity contribution in [2.75, 3.05) is 0 Å². The fraction of sp³-hybridized carbons (Fsp3) is 0.294. The number of hydrogen-bond donors (Lipinski definition) is 3. The first-order chi connectivity index (χ1) is 20.0. The van der Waals surface area contributed by atoms with Crippen LogP contribution in [0.1, 0.15) is 69.1 Å². The van der Waals surface area contributed by atoms with E-state index in [1.807, 2.05) is 24.3 Å². The number of carboxylic acid groups (broad SMARTS) is 1. The van der Waals surface area contributed by atoms with Crippen molar-refractivity contribution in [2.24, 2.45) is 0 Å². The Bertz CT molecular complexity index is 1560. The maximum Gasteiger partial charge on any atom is 2.00 e. The van der Waals surface area contributed by atoms with Crippen LogP contribution in [-0.4, -0.2) is 76.2 Å². The molecule has 0 aliphatic heterocycles. The molecule has 2 atom stereocenters. The molecule has 0 unspecified atom stereocenters. The van der Waals surface area contributed by atoms with Crippen LogP contribution in [0.4, 0.5) is 4.39 Å². The van der Waals surface area contributed by atoms with E-state index in [0.29, 0.717) is 33.2 Å². The molecular weight excluding hydrogens is 610 g/mol. The maximum atomic E-state index is 15.6. The first-order valence-electron chi connectivity index (χ1n) is 13.9. The molecule has 3 N–H and O–H groups in total. The minimum atomic E-state index is -1.17. The number of pyridine rings is 1. The average molecular weight is 646 g/mol. The molecule has 0 saturated carbocycles. The Labute approximate surface area is 291 Å². The van der Waals surface area contributed by atoms with E-state index in [9.17, 15) is 15.0 Å². The zero-order chi connectivity index (χ0) is 30.4. The largest absolute Gasteiger partial charge is 2.00 e. The van der Waals surface area contributed by atoms with Crippen molar-refractivity contribution < 1.29 is 24.5 Å². The second-order valence-corrected chi connectivity index (χ2v) is 13.1. The molecular formula is C34H36CaFNO4S2+2. The second kappa shape index (κ2) is 16.4. The Morgan fingerprint density at radius 1 is 0.907 bits per heavy atom. The fourth-order valence-electron chi connectivity index (χ4n) is 4.44. The molecule has 220 valence electrons. The number of carbonyl (C=O) groups is 1. The van der Waals surface area contributed by atoms with Gasteiger partial charge in [0.1, 0.15) is 5.82 Å². The van der Waals surface area contributed by atoms with Gasteiger partial charge in [0.25, 0.3) is 0 Å². The molecule has 1 aromatic heterocycles. The van der Waals surface area contributed by atoms with Gasteiger partial charge in [-0.25, -0.2) is 4.39 Å². The molecule has 43 heavy (non-hydrogen) atoms. The molecule has 4 rings (SSSR count). The van der Waals surface area contributed by atoms with Gasteiger partial charge in [-0.3, -0.25) is 9.78 Å². The molecule has 0 spiro atoms. The van der Waals surface area contributed by atoms with Gasteiger partial charge in [-0.15, -0.1) is 0 Å². The number of fused-ring (bicyclic) bond motifs is 1. The van der Waals surface area contributed by atoms with Crippen molar-refractivity contribution in [1.82, 2.24) is 4.98 Å². The van der Waals surface area contributed by atoms with Gasteiger partial charge < -0.3 is 15.3 Å². The monoisotopic (exact) mass is 645 g/mol. The number of carboxylic acids is 1. The third-order valence-corrected chi connectivity index (χ3v) is 9.07. The van der Waals surface area contributed by atoms with Crippen molar-refractivity contribution in [3.63, 3.8) is 0 Å². The van der Waals surface area contributed by atoms with Gasteiger partial charge in [-0.05, 0) is 59.4 Å². The molecule has 0 aliphatic carbocycles. The van der Waals surface area contributed by atoms with Crippen molar-refractivity contribution in [1.29, 1.82) is 0 Å². The van der Waals surface area contributed by atoms with E-state index in [-0.39, 0.29) is 50.0 Å². The van der Waals surface area contributed by atoms with Crippen LogP contribution in [0.25, 0.3) is 17.0 Å². The Kier molecular flexibility index (Phi) is 13.6. The summed E-state index contributed by atoms with van der Waals surface area (Å²) in [5.74, 6) is -0.667. The Hall–Kier alpha value is -1.91. The number of aliphatic carboxylic acids is 1. The van der Waals surface area contributed by atoms with Crippen LogP contribution in [0.2, 0.25) is 0 Å². The number of rotatable bonds is 12. The molecule has 9 heteroatoms. The standard InChI is InChI=1S/C34H36FNO4S2.Ca/c1-20(2)22-6-11-27(12-7-22)41-32-18-31-29(17-30(32)35)34(42-28-13-8-23(9-14-28)21(3)4)24(19-36-31)5-10-25(37)15-26(38)16-33(39)40;/h5-14,17-21,25-26,37-38H,15-16H2,1-4H3,(H,39,40);/q;+2/b10-5+;/t25-,26-;/m1./s1. The summed E-state index contributed by atoms with van der Waals surface area (Å²) in [6.45, 7) is 8.55. The molecule has 0 amide bonds. The predicted octanol–water partition coefficient (Wildman–Crippen LogP) is 8.14. The molecule has 5 nitrogen and oxygen atoms in total. The number of nitrogens with zero attached hydrogens (tertiary/aromatic N) is 1. The smallest absolute Gasteiger partial charge is 0.481 e. The van der Waals surface area contributed by atoms with Gasteiger partial charge in [0.15, 0.2) is 0 Å². The van der Waals surface area contributed by atoms with Gasteiger partial charge in [0.05, 0.1) is 29.0 Å². The summed E-state index contributed by atoms with van der Waals surface area (Å²) in [5, 5.41) is 29.8. The topological polar surface area (TPSA) is 90.7 Å². The van der Waals surface area contributed by atoms with E-state index >= 15 is 4.39 Å². The predicted molar refractivity (Wildman–Crippen MR) is 175 cm³/mol. The van der Waals surface area contributed by atoms with Crippen LogP contribution < -0.4 is 0 Å². The van der Waals surface area contributed by atoms with Gasteiger partial charge in [0, 0.05) is 38.3 Å². The average Bonchev–Trinajstić information content (AvgIpc) is 2.93.